The van der Waals surface area contributed by atoms with Crippen LogP contribution in [-0.4, -0.2) is 36.8 Å². The van der Waals surface area contributed by atoms with Crippen molar-refractivity contribution in [3.63, 3.8) is 0 Å². The SMILES string of the molecule is CCOC1CCCN(c2ccnc(CNC3CC3)c2)C1. The molecule has 1 aliphatic heterocycles. The van der Waals surface area contributed by atoms with Gasteiger partial charge in [0.25, 0.3) is 0 Å². The van der Waals surface area contributed by atoms with Crippen LogP contribution < -0.4 is 10.2 Å². The third kappa shape index (κ3) is 3.70. The highest BCUT2D eigenvalue weighted by atomic mass is 16.5. The number of anilines is 1. The minimum atomic E-state index is 0.384. The highest BCUT2D eigenvalue weighted by Gasteiger charge is 2.22. The average Bonchev–Trinajstić information content (AvgIpc) is 3.30. The summed E-state index contributed by atoms with van der Waals surface area (Å²) in [5.74, 6) is 0. The van der Waals surface area contributed by atoms with E-state index in [0.29, 0.717) is 6.10 Å². The fourth-order valence-corrected chi connectivity index (χ4v) is 2.84. The molecule has 2 aliphatic rings. The molecular formula is C16H25N3O. The lowest BCUT2D eigenvalue weighted by Gasteiger charge is -2.34. The van der Waals surface area contributed by atoms with Crippen LogP contribution in [0.25, 0.3) is 0 Å². The van der Waals surface area contributed by atoms with Gasteiger partial charge in [-0.25, -0.2) is 0 Å². The Morgan fingerprint density at radius 2 is 2.30 bits per heavy atom. The molecule has 1 unspecified atom stereocenters. The molecule has 4 heteroatoms. The maximum Gasteiger partial charge on any atom is 0.0750 e. The van der Waals surface area contributed by atoms with E-state index in [1.54, 1.807) is 0 Å². The molecule has 1 atom stereocenters. The molecule has 2 fully saturated rings. The Morgan fingerprint density at radius 1 is 1.40 bits per heavy atom. The van der Waals surface area contributed by atoms with Gasteiger partial charge in [0, 0.05) is 44.2 Å². The molecule has 0 bridgehead atoms. The Morgan fingerprint density at radius 3 is 3.10 bits per heavy atom. The molecule has 2 heterocycles. The van der Waals surface area contributed by atoms with Crippen LogP contribution in [0.15, 0.2) is 18.3 Å². The lowest BCUT2D eigenvalue weighted by molar-refractivity contribution is 0.0526. The number of rotatable bonds is 6. The first kappa shape index (κ1) is 13.8. The lowest BCUT2D eigenvalue weighted by Crippen LogP contribution is -2.39. The molecule has 1 N–H and O–H groups in total. The third-order valence-corrected chi connectivity index (χ3v) is 4.10. The molecule has 0 spiro atoms. The maximum atomic E-state index is 5.78. The standard InChI is InChI=1S/C16H25N3O/c1-2-20-16-4-3-9-19(12-16)15-7-8-17-14(10-15)11-18-13-5-6-13/h7-8,10,13,16,18H,2-6,9,11-12H2,1H3. The number of ether oxygens (including phenoxy) is 1. The van der Waals surface area contributed by atoms with Crippen molar-refractivity contribution in [3.05, 3.63) is 24.0 Å². The summed E-state index contributed by atoms with van der Waals surface area (Å²) >= 11 is 0. The number of hydrogen-bond acceptors (Lipinski definition) is 4. The van der Waals surface area contributed by atoms with E-state index in [2.05, 4.69) is 34.3 Å². The predicted molar refractivity (Wildman–Crippen MR) is 81.0 cm³/mol. The molecule has 110 valence electrons. The topological polar surface area (TPSA) is 37.4 Å². The summed E-state index contributed by atoms with van der Waals surface area (Å²) in [4.78, 5) is 6.91. The van der Waals surface area contributed by atoms with Crippen LogP contribution in [0.4, 0.5) is 5.69 Å². The van der Waals surface area contributed by atoms with Crippen LogP contribution in [0.1, 0.15) is 38.3 Å². The summed E-state index contributed by atoms with van der Waals surface area (Å²) in [6.45, 7) is 5.91. The number of hydrogen-bond donors (Lipinski definition) is 1. The van der Waals surface area contributed by atoms with Gasteiger partial charge in [0.1, 0.15) is 0 Å². The van der Waals surface area contributed by atoms with Gasteiger partial charge >= 0.3 is 0 Å². The van der Waals surface area contributed by atoms with Gasteiger partial charge in [0.05, 0.1) is 11.8 Å². The highest BCUT2D eigenvalue weighted by Crippen LogP contribution is 2.23. The largest absolute Gasteiger partial charge is 0.377 e. The van der Waals surface area contributed by atoms with E-state index in [1.165, 1.54) is 31.4 Å². The van der Waals surface area contributed by atoms with Crippen molar-refractivity contribution in [2.24, 2.45) is 0 Å². The van der Waals surface area contributed by atoms with Gasteiger partial charge in [-0.3, -0.25) is 4.98 Å². The summed E-state index contributed by atoms with van der Waals surface area (Å²) < 4.78 is 5.78. The zero-order valence-corrected chi connectivity index (χ0v) is 12.3. The van der Waals surface area contributed by atoms with Crippen LogP contribution in [0.2, 0.25) is 0 Å². The second kappa shape index (κ2) is 6.55. The van der Waals surface area contributed by atoms with E-state index in [1.807, 2.05) is 6.20 Å². The highest BCUT2D eigenvalue weighted by molar-refractivity contribution is 5.47. The normalized spacial score (nSPS) is 23.1. The zero-order chi connectivity index (χ0) is 13.8. The number of pyridine rings is 1. The van der Waals surface area contributed by atoms with Gasteiger partial charge in [0.15, 0.2) is 0 Å². The summed E-state index contributed by atoms with van der Waals surface area (Å²) in [6.07, 6.45) is 7.36. The molecule has 1 saturated carbocycles. The van der Waals surface area contributed by atoms with Gasteiger partial charge in [-0.15, -0.1) is 0 Å². The van der Waals surface area contributed by atoms with Gasteiger partial charge in [-0.2, -0.15) is 0 Å². The fraction of sp³-hybridized carbons (Fsp3) is 0.688. The lowest BCUT2D eigenvalue weighted by atomic mass is 10.1. The summed E-state index contributed by atoms with van der Waals surface area (Å²) in [5, 5.41) is 3.53. The first-order valence-electron chi connectivity index (χ1n) is 7.90. The molecule has 0 aromatic carbocycles. The summed E-state index contributed by atoms with van der Waals surface area (Å²) in [5.41, 5.74) is 2.44. The number of nitrogens with one attached hydrogen (secondary N) is 1. The Labute approximate surface area is 121 Å². The van der Waals surface area contributed by atoms with Crippen molar-refractivity contribution < 1.29 is 4.74 Å². The van der Waals surface area contributed by atoms with E-state index in [-0.39, 0.29) is 0 Å². The summed E-state index contributed by atoms with van der Waals surface area (Å²) in [6, 6.07) is 5.08. The fourth-order valence-electron chi connectivity index (χ4n) is 2.84. The molecular weight excluding hydrogens is 250 g/mol. The van der Waals surface area contributed by atoms with Crippen LogP contribution in [0.5, 0.6) is 0 Å². The molecule has 4 nitrogen and oxygen atoms in total. The third-order valence-electron chi connectivity index (χ3n) is 4.10. The van der Waals surface area contributed by atoms with Crippen LogP contribution >= 0.6 is 0 Å². The molecule has 1 aliphatic carbocycles. The Kier molecular flexibility index (Phi) is 4.53. The second-order valence-electron chi connectivity index (χ2n) is 5.83. The Hall–Kier alpha value is -1.13. The van der Waals surface area contributed by atoms with Gasteiger partial charge in [-0.1, -0.05) is 0 Å². The van der Waals surface area contributed by atoms with Crippen molar-refractivity contribution in [1.82, 2.24) is 10.3 Å². The Balaban J connectivity index is 1.61. The average molecular weight is 275 g/mol. The van der Waals surface area contributed by atoms with E-state index in [9.17, 15) is 0 Å². The maximum absolute atomic E-state index is 5.78. The molecule has 3 rings (SSSR count). The van der Waals surface area contributed by atoms with Crippen LogP contribution in [-0.2, 0) is 11.3 Å². The van der Waals surface area contributed by atoms with Gasteiger partial charge in [0.2, 0.25) is 0 Å². The first-order valence-corrected chi connectivity index (χ1v) is 7.90. The van der Waals surface area contributed by atoms with Gasteiger partial charge < -0.3 is 15.0 Å². The zero-order valence-electron chi connectivity index (χ0n) is 12.3. The number of piperidine rings is 1. The van der Waals surface area contributed by atoms with E-state index < -0.39 is 0 Å². The number of nitrogens with zero attached hydrogens (tertiary/aromatic N) is 2. The van der Waals surface area contributed by atoms with E-state index >= 15 is 0 Å². The molecule has 20 heavy (non-hydrogen) atoms. The minimum Gasteiger partial charge on any atom is -0.377 e. The smallest absolute Gasteiger partial charge is 0.0750 e. The molecule has 0 amide bonds. The molecule has 0 radical (unpaired) electrons. The molecule has 1 aromatic heterocycles. The summed E-state index contributed by atoms with van der Waals surface area (Å²) in [7, 11) is 0. The van der Waals surface area contributed by atoms with Crippen molar-refractivity contribution in [3.8, 4) is 0 Å². The number of aromatic nitrogens is 1. The van der Waals surface area contributed by atoms with Crippen molar-refractivity contribution in [1.29, 1.82) is 0 Å². The van der Waals surface area contributed by atoms with Crippen LogP contribution in [0, 0.1) is 0 Å². The molecule has 1 saturated heterocycles. The van der Waals surface area contributed by atoms with Crippen molar-refractivity contribution >= 4 is 5.69 Å². The minimum absolute atomic E-state index is 0.384. The van der Waals surface area contributed by atoms with Crippen LogP contribution in [0.3, 0.4) is 0 Å². The van der Waals surface area contributed by atoms with Crippen molar-refractivity contribution in [2.75, 3.05) is 24.6 Å². The first-order chi connectivity index (χ1) is 9.85. The van der Waals surface area contributed by atoms with Crippen molar-refractivity contribution in [2.45, 2.75) is 51.3 Å². The second-order valence-corrected chi connectivity index (χ2v) is 5.83. The molecule has 1 aromatic rings. The van der Waals surface area contributed by atoms with E-state index in [0.717, 1.165) is 38.0 Å². The predicted octanol–water partition coefficient (Wildman–Crippen LogP) is 2.34. The Bertz CT molecular complexity index is 431. The monoisotopic (exact) mass is 275 g/mol. The van der Waals surface area contributed by atoms with Gasteiger partial charge in [-0.05, 0) is 44.7 Å². The van der Waals surface area contributed by atoms with E-state index in [4.69, 9.17) is 4.74 Å². The quantitative estimate of drug-likeness (QED) is 0.864.